The third-order valence-corrected chi connectivity index (χ3v) is 6.06. The van der Waals surface area contributed by atoms with E-state index in [0.29, 0.717) is 49.0 Å². The normalized spacial score (nSPS) is 15.8. The number of Topliss-reactive ketones (excluding diaryl/α,β-unsaturated/α-hetero) is 1. The summed E-state index contributed by atoms with van der Waals surface area (Å²) in [7, 11) is 0. The quantitative estimate of drug-likeness (QED) is 0.321. The average molecular weight is 477 g/mol. The standard InChI is InChI=1S/C24H26Cl2N2O4/c1-16-5-8-18(9-6-16)32-13-3-12-28-15-19(22(29)24(28)31)23(30)27-11-2-4-17-7-10-20(25)21(26)14-17/h5-10,14,19H,2-4,11-13,15H2,1H3,(H,27,30). The van der Waals surface area contributed by atoms with Gasteiger partial charge in [0, 0.05) is 19.6 Å². The molecule has 1 aliphatic rings. The van der Waals surface area contributed by atoms with E-state index in [2.05, 4.69) is 5.32 Å². The van der Waals surface area contributed by atoms with Crippen LogP contribution in [0, 0.1) is 12.8 Å². The lowest BCUT2D eigenvalue weighted by molar-refractivity contribution is -0.142. The molecular weight excluding hydrogens is 451 g/mol. The van der Waals surface area contributed by atoms with E-state index in [1.807, 2.05) is 37.3 Å². The Balaban J connectivity index is 1.38. The summed E-state index contributed by atoms with van der Waals surface area (Å²) in [5.41, 5.74) is 2.16. The van der Waals surface area contributed by atoms with Gasteiger partial charge in [0.1, 0.15) is 11.7 Å². The largest absolute Gasteiger partial charge is 0.494 e. The number of hydrogen-bond donors (Lipinski definition) is 1. The second-order valence-corrected chi connectivity index (χ2v) is 8.64. The van der Waals surface area contributed by atoms with Crippen LogP contribution in [-0.4, -0.2) is 48.7 Å². The molecule has 0 aliphatic carbocycles. The van der Waals surface area contributed by atoms with Crippen LogP contribution in [0.2, 0.25) is 10.0 Å². The van der Waals surface area contributed by atoms with Gasteiger partial charge in [-0.3, -0.25) is 14.4 Å². The maximum absolute atomic E-state index is 12.4. The van der Waals surface area contributed by atoms with E-state index in [-0.39, 0.29) is 6.54 Å². The SMILES string of the molecule is Cc1ccc(OCCCN2CC(C(=O)NCCCc3ccc(Cl)c(Cl)c3)C(=O)C2=O)cc1. The summed E-state index contributed by atoms with van der Waals surface area (Å²) in [6.07, 6.45) is 1.96. The van der Waals surface area contributed by atoms with E-state index in [0.717, 1.165) is 16.9 Å². The molecule has 1 saturated heterocycles. The van der Waals surface area contributed by atoms with Crippen LogP contribution in [0.5, 0.6) is 5.75 Å². The molecule has 1 heterocycles. The molecule has 2 aromatic carbocycles. The van der Waals surface area contributed by atoms with Gasteiger partial charge in [-0.15, -0.1) is 0 Å². The first-order valence-corrected chi connectivity index (χ1v) is 11.3. The summed E-state index contributed by atoms with van der Waals surface area (Å²) >= 11 is 11.9. The van der Waals surface area contributed by atoms with Gasteiger partial charge in [-0.1, -0.05) is 47.0 Å². The maximum atomic E-state index is 12.4. The molecule has 0 aromatic heterocycles. The summed E-state index contributed by atoms with van der Waals surface area (Å²) in [4.78, 5) is 38.3. The number of ether oxygens (including phenoxy) is 1. The minimum atomic E-state index is -0.953. The number of benzene rings is 2. The van der Waals surface area contributed by atoms with Gasteiger partial charge < -0.3 is 15.0 Å². The summed E-state index contributed by atoms with van der Waals surface area (Å²) in [5, 5.41) is 3.76. The first kappa shape index (κ1) is 24.1. The van der Waals surface area contributed by atoms with Gasteiger partial charge in [-0.2, -0.15) is 0 Å². The van der Waals surface area contributed by atoms with Crippen molar-refractivity contribution in [1.29, 1.82) is 0 Å². The topological polar surface area (TPSA) is 75.7 Å². The van der Waals surface area contributed by atoms with Crippen LogP contribution in [0.4, 0.5) is 0 Å². The summed E-state index contributed by atoms with van der Waals surface area (Å²) < 4.78 is 5.66. The Morgan fingerprint density at radius 1 is 1.09 bits per heavy atom. The first-order valence-electron chi connectivity index (χ1n) is 10.6. The molecular formula is C24H26Cl2N2O4. The van der Waals surface area contributed by atoms with E-state index < -0.39 is 23.5 Å². The highest BCUT2D eigenvalue weighted by Gasteiger charge is 2.42. The van der Waals surface area contributed by atoms with Gasteiger partial charge in [0.15, 0.2) is 0 Å². The minimum absolute atomic E-state index is 0.112. The number of hydrogen-bond acceptors (Lipinski definition) is 4. The van der Waals surface area contributed by atoms with Crippen molar-refractivity contribution in [3.8, 4) is 5.75 Å². The second kappa shape index (κ2) is 11.3. The number of likely N-dealkylation sites (tertiary alicyclic amines) is 1. The van der Waals surface area contributed by atoms with E-state index in [1.54, 1.807) is 12.1 Å². The molecule has 3 rings (SSSR count). The number of ketones is 1. The number of amides is 2. The van der Waals surface area contributed by atoms with Crippen molar-refractivity contribution in [2.75, 3.05) is 26.2 Å². The number of aryl methyl sites for hydroxylation is 2. The zero-order valence-electron chi connectivity index (χ0n) is 17.9. The van der Waals surface area contributed by atoms with Gasteiger partial charge in [-0.05, 0) is 56.0 Å². The van der Waals surface area contributed by atoms with E-state index in [9.17, 15) is 14.4 Å². The van der Waals surface area contributed by atoms with Gasteiger partial charge in [0.05, 0.1) is 16.7 Å². The van der Waals surface area contributed by atoms with Crippen LogP contribution in [0.25, 0.3) is 0 Å². The zero-order valence-corrected chi connectivity index (χ0v) is 19.4. The lowest BCUT2D eigenvalue weighted by atomic mass is 10.1. The van der Waals surface area contributed by atoms with Crippen LogP contribution in [0.15, 0.2) is 42.5 Å². The Kier molecular flexibility index (Phi) is 8.53. The summed E-state index contributed by atoms with van der Waals surface area (Å²) in [5.74, 6) is -1.85. The van der Waals surface area contributed by atoms with Crippen molar-refractivity contribution in [2.24, 2.45) is 5.92 Å². The molecule has 1 unspecified atom stereocenters. The summed E-state index contributed by atoms with van der Waals surface area (Å²) in [6, 6.07) is 13.1. The summed E-state index contributed by atoms with van der Waals surface area (Å²) in [6.45, 7) is 3.31. The number of nitrogens with zero attached hydrogens (tertiary/aromatic N) is 1. The lowest BCUT2D eigenvalue weighted by Crippen LogP contribution is -2.36. The molecule has 8 heteroatoms. The van der Waals surface area contributed by atoms with Crippen molar-refractivity contribution in [1.82, 2.24) is 10.2 Å². The van der Waals surface area contributed by atoms with Crippen molar-refractivity contribution in [3.63, 3.8) is 0 Å². The Hall–Kier alpha value is -2.57. The molecule has 1 atom stereocenters. The van der Waals surface area contributed by atoms with E-state index >= 15 is 0 Å². The highest BCUT2D eigenvalue weighted by molar-refractivity contribution is 6.42. The molecule has 170 valence electrons. The van der Waals surface area contributed by atoms with E-state index in [1.165, 1.54) is 4.90 Å². The first-order chi connectivity index (χ1) is 15.3. The van der Waals surface area contributed by atoms with Crippen LogP contribution >= 0.6 is 23.2 Å². The monoisotopic (exact) mass is 476 g/mol. The Labute approximate surface area is 197 Å². The molecule has 0 bridgehead atoms. The molecule has 0 saturated carbocycles. The van der Waals surface area contributed by atoms with Crippen molar-refractivity contribution in [2.45, 2.75) is 26.2 Å². The fourth-order valence-electron chi connectivity index (χ4n) is 3.49. The van der Waals surface area contributed by atoms with Crippen LogP contribution in [-0.2, 0) is 20.8 Å². The number of carbonyl (C=O) groups excluding carboxylic acids is 3. The van der Waals surface area contributed by atoms with Gasteiger partial charge in [0.2, 0.25) is 11.7 Å². The molecule has 0 spiro atoms. The predicted molar refractivity (Wildman–Crippen MR) is 124 cm³/mol. The van der Waals surface area contributed by atoms with Crippen LogP contribution < -0.4 is 10.1 Å². The lowest BCUT2D eigenvalue weighted by Gasteiger charge is -2.15. The van der Waals surface area contributed by atoms with Crippen molar-refractivity contribution >= 4 is 40.8 Å². The Morgan fingerprint density at radius 3 is 2.56 bits per heavy atom. The Bertz CT molecular complexity index is 978. The molecule has 0 radical (unpaired) electrons. The zero-order chi connectivity index (χ0) is 23.1. The molecule has 1 fully saturated rings. The maximum Gasteiger partial charge on any atom is 0.290 e. The second-order valence-electron chi connectivity index (χ2n) is 7.83. The van der Waals surface area contributed by atoms with Gasteiger partial charge in [0.25, 0.3) is 5.91 Å². The molecule has 2 aromatic rings. The fraction of sp³-hybridized carbons (Fsp3) is 0.375. The molecule has 1 aliphatic heterocycles. The Morgan fingerprint density at radius 2 is 1.84 bits per heavy atom. The fourth-order valence-corrected chi connectivity index (χ4v) is 3.81. The number of halogens is 2. The van der Waals surface area contributed by atoms with Gasteiger partial charge in [-0.25, -0.2) is 0 Å². The van der Waals surface area contributed by atoms with Crippen LogP contribution in [0.3, 0.4) is 0 Å². The van der Waals surface area contributed by atoms with Crippen molar-refractivity contribution in [3.05, 3.63) is 63.6 Å². The smallest absolute Gasteiger partial charge is 0.290 e. The molecule has 1 N–H and O–H groups in total. The average Bonchev–Trinajstić information content (AvgIpc) is 3.06. The minimum Gasteiger partial charge on any atom is -0.494 e. The predicted octanol–water partition coefficient (Wildman–Crippen LogP) is 3.85. The highest BCUT2D eigenvalue weighted by atomic mass is 35.5. The molecule has 6 nitrogen and oxygen atoms in total. The van der Waals surface area contributed by atoms with E-state index in [4.69, 9.17) is 27.9 Å². The van der Waals surface area contributed by atoms with Crippen LogP contribution in [0.1, 0.15) is 24.0 Å². The third-order valence-electron chi connectivity index (χ3n) is 5.32. The number of nitrogens with one attached hydrogen (secondary N) is 1. The highest BCUT2D eigenvalue weighted by Crippen LogP contribution is 2.23. The number of rotatable bonds is 10. The molecule has 2 amide bonds. The van der Waals surface area contributed by atoms with Crippen molar-refractivity contribution < 1.29 is 19.1 Å². The molecule has 32 heavy (non-hydrogen) atoms. The third kappa shape index (κ3) is 6.47. The number of carbonyl (C=O) groups is 3. The van der Waals surface area contributed by atoms with Gasteiger partial charge >= 0.3 is 0 Å².